The van der Waals surface area contributed by atoms with Crippen LogP contribution in [0.1, 0.15) is 33.6 Å². The lowest BCUT2D eigenvalue weighted by Gasteiger charge is -2.35. The highest BCUT2D eigenvalue weighted by Gasteiger charge is 2.33. The molecular formula is C18H23FN2O4S. The number of hydrogen-bond acceptors (Lipinski definition) is 6. The normalized spacial score (nSPS) is 20.5. The molecule has 1 aromatic carbocycles. The van der Waals surface area contributed by atoms with E-state index in [1.807, 2.05) is 13.8 Å². The number of carbonyl (C=O) groups excluding carboxylic acids is 1. The van der Waals surface area contributed by atoms with E-state index in [9.17, 15) is 9.18 Å². The topological polar surface area (TPSA) is 69.7 Å². The van der Waals surface area contributed by atoms with Crippen molar-refractivity contribution in [2.75, 3.05) is 13.2 Å². The Kier molecular flexibility index (Phi) is 5.93. The lowest BCUT2D eigenvalue weighted by Crippen LogP contribution is -2.42. The molecule has 1 atom stereocenters. The van der Waals surface area contributed by atoms with Gasteiger partial charge in [-0.25, -0.2) is 9.37 Å². The Morgan fingerprint density at radius 1 is 1.42 bits per heavy atom. The zero-order chi connectivity index (χ0) is 18.7. The van der Waals surface area contributed by atoms with Crippen LogP contribution in [0.5, 0.6) is 10.9 Å². The van der Waals surface area contributed by atoms with Crippen molar-refractivity contribution in [3.05, 3.63) is 17.9 Å². The molecule has 0 aliphatic heterocycles. The molecule has 26 heavy (non-hydrogen) atoms. The Balaban J connectivity index is 1.51. The van der Waals surface area contributed by atoms with E-state index in [1.54, 1.807) is 12.1 Å². The minimum Gasteiger partial charge on any atom is -0.487 e. The highest BCUT2D eigenvalue weighted by molar-refractivity contribution is 7.20. The average molecular weight is 382 g/mol. The zero-order valence-corrected chi connectivity index (χ0v) is 15.9. The molecule has 0 bridgehead atoms. The van der Waals surface area contributed by atoms with Gasteiger partial charge in [-0.15, -0.1) is 0 Å². The predicted molar refractivity (Wildman–Crippen MR) is 97.4 cm³/mol. The first kappa shape index (κ1) is 18.8. The average Bonchev–Trinajstić information content (AvgIpc) is 2.94. The minimum atomic E-state index is -0.394. The van der Waals surface area contributed by atoms with Gasteiger partial charge in [0.25, 0.3) is 5.19 Å². The lowest BCUT2D eigenvalue weighted by atomic mass is 9.92. The molecule has 3 rings (SSSR count). The Morgan fingerprint density at radius 2 is 2.19 bits per heavy atom. The molecule has 1 fully saturated rings. The summed E-state index contributed by atoms with van der Waals surface area (Å²) in [6.45, 7) is 6.19. The van der Waals surface area contributed by atoms with Crippen LogP contribution in [0.15, 0.2) is 12.1 Å². The lowest BCUT2D eigenvalue weighted by molar-refractivity contribution is -0.121. The quantitative estimate of drug-likeness (QED) is 0.759. The number of fused-ring (bicyclic) bond motifs is 1. The minimum absolute atomic E-state index is 0.0295. The standard InChI is InChI=1S/C18H23FN2O4S/c1-4-23-18-21-14-5-6-15(16(19)17(14)26-18)25-13-7-12(8-13)24-9-10(2)20-11(3)22/h5-6,10,12-13H,4,7-9H2,1-3H3,(H,20,22)/t10?,12-,13+. The van der Waals surface area contributed by atoms with Gasteiger partial charge in [0.15, 0.2) is 11.6 Å². The van der Waals surface area contributed by atoms with Crippen LogP contribution in [0, 0.1) is 5.82 Å². The van der Waals surface area contributed by atoms with Gasteiger partial charge in [-0.3, -0.25) is 4.79 Å². The maximum atomic E-state index is 14.6. The van der Waals surface area contributed by atoms with Crippen LogP contribution in [0.4, 0.5) is 4.39 Å². The fourth-order valence-corrected chi connectivity index (χ4v) is 3.70. The Labute approximate surface area is 155 Å². The van der Waals surface area contributed by atoms with Crippen molar-refractivity contribution < 1.29 is 23.4 Å². The zero-order valence-electron chi connectivity index (χ0n) is 15.1. The third kappa shape index (κ3) is 4.42. The van der Waals surface area contributed by atoms with Crippen LogP contribution in [0.2, 0.25) is 0 Å². The molecule has 1 saturated carbocycles. The summed E-state index contributed by atoms with van der Waals surface area (Å²) in [5, 5.41) is 3.23. The maximum Gasteiger partial charge on any atom is 0.274 e. The number of nitrogens with one attached hydrogen (secondary N) is 1. The largest absolute Gasteiger partial charge is 0.487 e. The van der Waals surface area contributed by atoms with Crippen molar-refractivity contribution in [1.29, 1.82) is 0 Å². The molecule has 8 heteroatoms. The molecule has 0 saturated heterocycles. The first-order chi connectivity index (χ1) is 12.5. The Morgan fingerprint density at radius 3 is 2.88 bits per heavy atom. The molecule has 2 aromatic rings. The summed E-state index contributed by atoms with van der Waals surface area (Å²) >= 11 is 1.18. The van der Waals surface area contributed by atoms with Crippen molar-refractivity contribution in [3.8, 4) is 10.9 Å². The second kappa shape index (κ2) is 8.18. The van der Waals surface area contributed by atoms with E-state index >= 15 is 0 Å². The van der Waals surface area contributed by atoms with Crippen molar-refractivity contribution >= 4 is 27.5 Å². The molecule has 6 nitrogen and oxygen atoms in total. The number of hydrogen-bond donors (Lipinski definition) is 1. The highest BCUT2D eigenvalue weighted by atomic mass is 32.1. The van der Waals surface area contributed by atoms with E-state index in [0.29, 0.717) is 41.5 Å². The molecule has 1 aliphatic rings. The smallest absolute Gasteiger partial charge is 0.274 e. The molecular weight excluding hydrogens is 359 g/mol. The van der Waals surface area contributed by atoms with Crippen LogP contribution in [-0.2, 0) is 9.53 Å². The van der Waals surface area contributed by atoms with E-state index in [2.05, 4.69) is 10.3 Å². The van der Waals surface area contributed by atoms with E-state index < -0.39 is 5.82 Å². The molecule has 0 radical (unpaired) electrons. The second-order valence-electron chi connectivity index (χ2n) is 6.41. The molecule has 1 unspecified atom stereocenters. The summed E-state index contributed by atoms with van der Waals surface area (Å²) in [5.74, 6) is -0.230. The van der Waals surface area contributed by atoms with Crippen LogP contribution in [0.25, 0.3) is 10.2 Å². The first-order valence-electron chi connectivity index (χ1n) is 8.73. The number of halogens is 1. The van der Waals surface area contributed by atoms with Gasteiger partial charge in [-0.05, 0) is 26.0 Å². The van der Waals surface area contributed by atoms with E-state index in [0.717, 1.165) is 0 Å². The molecule has 1 aromatic heterocycles. The number of carbonyl (C=O) groups is 1. The van der Waals surface area contributed by atoms with Gasteiger partial charge in [0.2, 0.25) is 5.91 Å². The van der Waals surface area contributed by atoms with Gasteiger partial charge < -0.3 is 19.5 Å². The van der Waals surface area contributed by atoms with E-state index in [-0.39, 0.29) is 29.9 Å². The van der Waals surface area contributed by atoms with E-state index in [1.165, 1.54) is 18.3 Å². The SMILES string of the molecule is CCOc1nc2ccc(O[C@H]3C[C@@H](OCC(C)NC(C)=O)C3)c(F)c2s1. The second-order valence-corrected chi connectivity index (χ2v) is 7.37. The van der Waals surface area contributed by atoms with Crippen molar-refractivity contribution in [1.82, 2.24) is 10.3 Å². The first-order valence-corrected chi connectivity index (χ1v) is 9.55. The molecule has 1 N–H and O–H groups in total. The molecule has 1 aliphatic carbocycles. The summed E-state index contributed by atoms with van der Waals surface area (Å²) < 4.78 is 31.9. The van der Waals surface area contributed by atoms with Gasteiger partial charge >= 0.3 is 0 Å². The molecule has 142 valence electrons. The summed E-state index contributed by atoms with van der Waals surface area (Å²) in [5.41, 5.74) is 0.574. The van der Waals surface area contributed by atoms with Gasteiger partial charge in [-0.1, -0.05) is 11.3 Å². The molecule has 0 spiro atoms. The monoisotopic (exact) mass is 382 g/mol. The van der Waals surface area contributed by atoms with Crippen LogP contribution in [0.3, 0.4) is 0 Å². The Hall–Kier alpha value is -1.93. The summed E-state index contributed by atoms with van der Waals surface area (Å²) in [4.78, 5) is 15.2. The van der Waals surface area contributed by atoms with Crippen molar-refractivity contribution in [2.24, 2.45) is 0 Å². The summed E-state index contributed by atoms with van der Waals surface area (Å²) in [6, 6.07) is 3.33. The third-order valence-electron chi connectivity index (χ3n) is 4.09. The summed E-state index contributed by atoms with van der Waals surface area (Å²) in [7, 11) is 0. The number of ether oxygens (including phenoxy) is 3. The number of thiazole rings is 1. The number of aromatic nitrogens is 1. The third-order valence-corrected chi connectivity index (χ3v) is 5.06. The fraction of sp³-hybridized carbons (Fsp3) is 0.556. The van der Waals surface area contributed by atoms with Crippen LogP contribution in [-0.4, -0.2) is 42.4 Å². The van der Waals surface area contributed by atoms with Gasteiger partial charge in [0.1, 0.15) is 6.10 Å². The van der Waals surface area contributed by atoms with Crippen LogP contribution >= 0.6 is 11.3 Å². The summed E-state index contributed by atoms with van der Waals surface area (Å²) in [6.07, 6.45) is 1.42. The van der Waals surface area contributed by atoms with Gasteiger partial charge in [-0.2, -0.15) is 0 Å². The van der Waals surface area contributed by atoms with Crippen molar-refractivity contribution in [3.63, 3.8) is 0 Å². The maximum absolute atomic E-state index is 14.6. The van der Waals surface area contributed by atoms with Crippen LogP contribution < -0.4 is 14.8 Å². The van der Waals surface area contributed by atoms with Crippen molar-refractivity contribution in [2.45, 2.75) is 51.9 Å². The van der Waals surface area contributed by atoms with E-state index in [4.69, 9.17) is 14.2 Å². The fourth-order valence-electron chi connectivity index (χ4n) is 2.80. The predicted octanol–water partition coefficient (Wildman–Crippen LogP) is 3.29. The Bertz CT molecular complexity index is 776. The highest BCUT2D eigenvalue weighted by Crippen LogP contribution is 2.36. The number of nitrogens with zero attached hydrogens (tertiary/aromatic N) is 1. The van der Waals surface area contributed by atoms with Gasteiger partial charge in [0, 0.05) is 25.8 Å². The molecule has 1 heterocycles. The molecule has 1 amide bonds. The number of amides is 1. The van der Waals surface area contributed by atoms with Gasteiger partial charge in [0.05, 0.1) is 29.5 Å². The number of rotatable bonds is 8. The number of benzene rings is 1.